The van der Waals surface area contributed by atoms with Crippen LogP contribution in [0.4, 0.5) is 0 Å². The summed E-state index contributed by atoms with van der Waals surface area (Å²) in [6, 6.07) is 14.9. The van der Waals surface area contributed by atoms with Gasteiger partial charge in [0.15, 0.2) is 0 Å². The number of ether oxygens (including phenoxy) is 1. The average Bonchev–Trinajstić information content (AvgIpc) is 3.12. The van der Waals surface area contributed by atoms with Crippen molar-refractivity contribution in [2.45, 2.75) is 19.9 Å². The van der Waals surface area contributed by atoms with Crippen molar-refractivity contribution in [1.82, 2.24) is 15.5 Å². The second-order valence-corrected chi connectivity index (χ2v) is 6.19. The number of rotatable bonds is 6. The topological polar surface area (TPSA) is 77.2 Å². The number of nitrogens with zero attached hydrogens (tertiary/aromatic N) is 2. The third kappa shape index (κ3) is 4.15. The fraction of sp³-hybridized carbons (Fsp3) is 0.250. The summed E-state index contributed by atoms with van der Waals surface area (Å²) in [5.41, 5.74) is 3.37. The van der Waals surface area contributed by atoms with Crippen LogP contribution in [0.25, 0.3) is 22.9 Å². The van der Waals surface area contributed by atoms with Crippen molar-refractivity contribution in [3.8, 4) is 22.9 Å². The molecule has 134 valence electrons. The van der Waals surface area contributed by atoms with Crippen LogP contribution in [0.15, 0.2) is 52.9 Å². The standard InChI is InChI=1S/C20H21N3O3/c1-13-4-6-16(7-5-13)19-22-23-20(26-19)17-10-8-15(9-11-17)18(24)21-14(2)12-25-3/h4-11,14H,12H2,1-3H3,(H,21,24)/t14-/m0/s1. The van der Waals surface area contributed by atoms with E-state index in [0.29, 0.717) is 24.0 Å². The Morgan fingerprint density at radius 3 is 2.12 bits per heavy atom. The van der Waals surface area contributed by atoms with Crippen LogP contribution in [0.5, 0.6) is 0 Å². The van der Waals surface area contributed by atoms with Crippen molar-refractivity contribution in [3.63, 3.8) is 0 Å². The molecule has 0 aliphatic carbocycles. The normalized spacial score (nSPS) is 12.0. The van der Waals surface area contributed by atoms with Gasteiger partial charge in [-0.2, -0.15) is 0 Å². The highest BCUT2D eigenvalue weighted by Gasteiger charge is 2.13. The Hall–Kier alpha value is -2.99. The quantitative estimate of drug-likeness (QED) is 0.736. The van der Waals surface area contributed by atoms with Gasteiger partial charge in [0.05, 0.1) is 6.61 Å². The molecule has 3 rings (SSSR count). The highest BCUT2D eigenvalue weighted by molar-refractivity contribution is 5.94. The van der Waals surface area contributed by atoms with Gasteiger partial charge in [-0.05, 0) is 50.2 Å². The van der Waals surface area contributed by atoms with Crippen molar-refractivity contribution in [3.05, 3.63) is 59.7 Å². The molecule has 0 fully saturated rings. The maximum atomic E-state index is 12.2. The Bertz CT molecular complexity index is 870. The van der Waals surface area contributed by atoms with Crippen molar-refractivity contribution in [2.24, 2.45) is 0 Å². The van der Waals surface area contributed by atoms with E-state index in [2.05, 4.69) is 15.5 Å². The van der Waals surface area contributed by atoms with E-state index < -0.39 is 0 Å². The third-order valence-corrected chi connectivity index (χ3v) is 3.91. The molecular formula is C20H21N3O3. The SMILES string of the molecule is COC[C@H](C)NC(=O)c1ccc(-c2nnc(-c3ccc(C)cc3)o2)cc1. The van der Waals surface area contributed by atoms with Gasteiger partial charge in [-0.3, -0.25) is 4.79 Å². The van der Waals surface area contributed by atoms with Gasteiger partial charge in [0.25, 0.3) is 5.91 Å². The zero-order valence-electron chi connectivity index (χ0n) is 15.0. The number of carbonyl (C=O) groups excluding carboxylic acids is 1. The number of hydrogen-bond acceptors (Lipinski definition) is 5. The molecule has 2 aromatic carbocycles. The molecule has 6 nitrogen and oxygen atoms in total. The van der Waals surface area contributed by atoms with Gasteiger partial charge in [-0.1, -0.05) is 17.7 Å². The van der Waals surface area contributed by atoms with Crippen LogP contribution in [0.2, 0.25) is 0 Å². The lowest BCUT2D eigenvalue weighted by molar-refractivity contribution is 0.0905. The van der Waals surface area contributed by atoms with Crippen LogP contribution in [0.1, 0.15) is 22.8 Å². The summed E-state index contributed by atoms with van der Waals surface area (Å²) in [5.74, 6) is 0.738. The molecule has 1 amide bonds. The smallest absolute Gasteiger partial charge is 0.251 e. The van der Waals surface area contributed by atoms with E-state index >= 15 is 0 Å². The molecule has 0 spiro atoms. The third-order valence-electron chi connectivity index (χ3n) is 3.91. The minimum absolute atomic E-state index is 0.0554. The second-order valence-electron chi connectivity index (χ2n) is 6.19. The molecule has 0 unspecified atom stereocenters. The summed E-state index contributed by atoms with van der Waals surface area (Å²) in [6.07, 6.45) is 0. The number of carbonyl (C=O) groups is 1. The number of amides is 1. The second kappa shape index (κ2) is 7.93. The molecule has 6 heteroatoms. The first-order chi connectivity index (χ1) is 12.6. The zero-order chi connectivity index (χ0) is 18.5. The van der Waals surface area contributed by atoms with Gasteiger partial charge in [-0.25, -0.2) is 0 Å². The summed E-state index contributed by atoms with van der Waals surface area (Å²) < 4.78 is 10.8. The first kappa shape index (κ1) is 17.8. The maximum Gasteiger partial charge on any atom is 0.251 e. The van der Waals surface area contributed by atoms with Crippen LogP contribution in [0.3, 0.4) is 0 Å². The molecule has 0 bridgehead atoms. The summed E-state index contributed by atoms with van der Waals surface area (Å²) >= 11 is 0. The summed E-state index contributed by atoms with van der Waals surface area (Å²) in [6.45, 7) is 4.38. The Morgan fingerprint density at radius 2 is 1.58 bits per heavy atom. The lowest BCUT2D eigenvalue weighted by Gasteiger charge is -2.12. The van der Waals surface area contributed by atoms with E-state index in [1.165, 1.54) is 5.56 Å². The van der Waals surface area contributed by atoms with Crippen LogP contribution in [0, 0.1) is 6.92 Å². The van der Waals surface area contributed by atoms with Gasteiger partial charge in [0, 0.05) is 29.8 Å². The molecule has 26 heavy (non-hydrogen) atoms. The maximum absolute atomic E-state index is 12.2. The van der Waals surface area contributed by atoms with E-state index in [0.717, 1.165) is 11.1 Å². The van der Waals surface area contributed by atoms with Crippen molar-refractivity contribution in [1.29, 1.82) is 0 Å². The van der Waals surface area contributed by atoms with Gasteiger partial charge in [-0.15, -0.1) is 10.2 Å². The van der Waals surface area contributed by atoms with Crippen molar-refractivity contribution >= 4 is 5.91 Å². The molecule has 3 aromatic rings. The van der Waals surface area contributed by atoms with Gasteiger partial charge >= 0.3 is 0 Å². The Balaban J connectivity index is 1.73. The Kier molecular flexibility index (Phi) is 5.43. The number of hydrogen-bond donors (Lipinski definition) is 1. The molecule has 0 radical (unpaired) electrons. The summed E-state index contributed by atoms with van der Waals surface area (Å²) in [5, 5.41) is 11.1. The summed E-state index contributed by atoms with van der Waals surface area (Å²) in [4.78, 5) is 12.2. The molecule has 0 saturated carbocycles. The fourth-order valence-electron chi connectivity index (χ4n) is 2.52. The van der Waals surface area contributed by atoms with Crippen molar-refractivity contribution < 1.29 is 13.9 Å². The predicted molar refractivity (Wildman–Crippen MR) is 98.7 cm³/mol. The Morgan fingerprint density at radius 1 is 1.04 bits per heavy atom. The zero-order valence-corrected chi connectivity index (χ0v) is 15.0. The molecule has 0 saturated heterocycles. The molecule has 1 atom stereocenters. The van der Waals surface area contributed by atoms with Crippen LogP contribution < -0.4 is 5.32 Å². The lowest BCUT2D eigenvalue weighted by Crippen LogP contribution is -2.35. The Labute approximate surface area is 152 Å². The predicted octanol–water partition coefficient (Wildman–Crippen LogP) is 3.48. The average molecular weight is 351 g/mol. The van der Waals surface area contributed by atoms with E-state index in [1.807, 2.05) is 38.1 Å². The number of aryl methyl sites for hydroxylation is 1. The molecule has 1 N–H and O–H groups in total. The highest BCUT2D eigenvalue weighted by atomic mass is 16.5. The van der Waals surface area contributed by atoms with Gasteiger partial charge in [0.1, 0.15) is 0 Å². The fourth-order valence-corrected chi connectivity index (χ4v) is 2.52. The van der Waals surface area contributed by atoms with Crippen LogP contribution in [-0.4, -0.2) is 35.9 Å². The molecule has 0 aliphatic heterocycles. The van der Waals surface area contributed by atoms with E-state index in [-0.39, 0.29) is 11.9 Å². The molecular weight excluding hydrogens is 330 g/mol. The minimum Gasteiger partial charge on any atom is -0.416 e. The first-order valence-electron chi connectivity index (χ1n) is 8.37. The minimum atomic E-state index is -0.146. The van der Waals surface area contributed by atoms with Gasteiger partial charge in [0.2, 0.25) is 11.8 Å². The number of benzene rings is 2. The van der Waals surface area contributed by atoms with Gasteiger partial charge < -0.3 is 14.5 Å². The monoisotopic (exact) mass is 351 g/mol. The number of aromatic nitrogens is 2. The first-order valence-corrected chi connectivity index (χ1v) is 8.37. The molecule has 0 aliphatic rings. The highest BCUT2D eigenvalue weighted by Crippen LogP contribution is 2.24. The van der Waals surface area contributed by atoms with Crippen LogP contribution in [-0.2, 0) is 4.74 Å². The molecule has 1 aromatic heterocycles. The number of nitrogens with one attached hydrogen (secondary N) is 1. The summed E-state index contributed by atoms with van der Waals surface area (Å²) in [7, 11) is 1.60. The van der Waals surface area contributed by atoms with E-state index in [1.54, 1.807) is 31.4 Å². The van der Waals surface area contributed by atoms with Crippen LogP contribution >= 0.6 is 0 Å². The lowest BCUT2D eigenvalue weighted by atomic mass is 10.1. The van der Waals surface area contributed by atoms with Crippen molar-refractivity contribution in [2.75, 3.05) is 13.7 Å². The van der Waals surface area contributed by atoms with E-state index in [9.17, 15) is 4.79 Å². The largest absolute Gasteiger partial charge is 0.416 e. The molecule has 1 heterocycles. The van der Waals surface area contributed by atoms with E-state index in [4.69, 9.17) is 9.15 Å². The number of methoxy groups -OCH3 is 1.